The second kappa shape index (κ2) is 4.11. The highest BCUT2D eigenvalue weighted by molar-refractivity contribution is 6.31. The second-order valence-electron chi connectivity index (χ2n) is 3.77. The molecule has 0 atom stereocenters. The van der Waals surface area contributed by atoms with Gasteiger partial charge in [-0.2, -0.15) is 0 Å². The number of ether oxygens (including phenoxy) is 1. The molecule has 3 nitrogen and oxygen atoms in total. The third-order valence-electron chi connectivity index (χ3n) is 2.38. The highest BCUT2D eigenvalue weighted by atomic mass is 35.5. The summed E-state index contributed by atoms with van der Waals surface area (Å²) >= 11 is 5.77. The van der Waals surface area contributed by atoms with Crippen molar-refractivity contribution in [2.75, 3.05) is 12.3 Å². The van der Waals surface area contributed by atoms with Gasteiger partial charge in [-0.1, -0.05) is 11.6 Å². The normalized spacial score (nSPS) is 15.0. The summed E-state index contributed by atoms with van der Waals surface area (Å²) in [4.78, 5) is 11.6. The minimum Gasteiger partial charge on any atom is -0.462 e. The number of benzene rings is 1. The summed E-state index contributed by atoms with van der Waals surface area (Å²) in [5.41, 5.74) is 6.41. The Morgan fingerprint density at radius 3 is 2.93 bits per heavy atom. The molecule has 1 aromatic rings. The average Bonchev–Trinajstić information content (AvgIpc) is 3.02. The van der Waals surface area contributed by atoms with Gasteiger partial charge in [0.1, 0.15) is 0 Å². The van der Waals surface area contributed by atoms with Crippen molar-refractivity contribution >= 4 is 23.3 Å². The van der Waals surface area contributed by atoms with Crippen molar-refractivity contribution in [3.8, 4) is 0 Å². The van der Waals surface area contributed by atoms with Crippen molar-refractivity contribution in [1.82, 2.24) is 0 Å². The van der Waals surface area contributed by atoms with Gasteiger partial charge >= 0.3 is 5.97 Å². The predicted molar refractivity (Wildman–Crippen MR) is 58.9 cm³/mol. The van der Waals surface area contributed by atoms with Crippen LogP contribution in [0.15, 0.2) is 18.2 Å². The molecule has 1 aliphatic carbocycles. The number of esters is 1. The third kappa shape index (κ3) is 2.63. The van der Waals surface area contributed by atoms with Crippen molar-refractivity contribution in [2.45, 2.75) is 12.8 Å². The van der Waals surface area contributed by atoms with E-state index >= 15 is 0 Å². The lowest BCUT2D eigenvalue weighted by atomic mass is 10.2. The number of halogens is 1. The first kappa shape index (κ1) is 10.3. The molecule has 0 radical (unpaired) electrons. The molecule has 4 heteroatoms. The molecule has 0 spiro atoms. The molecule has 0 aromatic heterocycles. The number of anilines is 1. The van der Waals surface area contributed by atoms with Crippen molar-refractivity contribution in [2.24, 2.45) is 5.92 Å². The molecule has 0 saturated heterocycles. The van der Waals surface area contributed by atoms with Crippen molar-refractivity contribution in [3.63, 3.8) is 0 Å². The Hall–Kier alpha value is -1.22. The molecular formula is C11H12ClNO2. The van der Waals surface area contributed by atoms with E-state index in [9.17, 15) is 4.79 Å². The van der Waals surface area contributed by atoms with Gasteiger partial charge in [0.05, 0.1) is 12.2 Å². The SMILES string of the molecule is Nc1ccc(Cl)cc1C(=O)OCC1CC1. The fourth-order valence-electron chi connectivity index (χ4n) is 1.26. The lowest BCUT2D eigenvalue weighted by Gasteiger charge is -2.06. The number of rotatable bonds is 3. The van der Waals surface area contributed by atoms with Crippen molar-refractivity contribution in [1.29, 1.82) is 0 Å². The van der Waals surface area contributed by atoms with Gasteiger partial charge in [0.15, 0.2) is 0 Å². The smallest absolute Gasteiger partial charge is 0.340 e. The van der Waals surface area contributed by atoms with Crippen LogP contribution in [0.1, 0.15) is 23.2 Å². The Balaban J connectivity index is 2.05. The zero-order valence-electron chi connectivity index (χ0n) is 8.20. The summed E-state index contributed by atoms with van der Waals surface area (Å²) in [5.74, 6) is 0.163. The number of nitrogen functional groups attached to an aromatic ring is 1. The van der Waals surface area contributed by atoms with Gasteiger partial charge < -0.3 is 10.5 Å². The van der Waals surface area contributed by atoms with Gasteiger partial charge in [0.25, 0.3) is 0 Å². The maximum absolute atomic E-state index is 11.6. The number of carbonyl (C=O) groups is 1. The fraction of sp³-hybridized carbons (Fsp3) is 0.364. The van der Waals surface area contributed by atoms with E-state index in [0.29, 0.717) is 28.8 Å². The standard InChI is InChI=1S/C11H12ClNO2/c12-8-3-4-10(13)9(5-8)11(14)15-6-7-1-2-7/h3-5,7H,1-2,6,13H2. The quantitative estimate of drug-likeness (QED) is 0.635. The molecule has 15 heavy (non-hydrogen) atoms. The maximum atomic E-state index is 11.6. The van der Waals surface area contributed by atoms with E-state index in [1.165, 1.54) is 6.07 Å². The Labute approximate surface area is 93.2 Å². The Morgan fingerprint density at radius 1 is 1.53 bits per heavy atom. The van der Waals surface area contributed by atoms with Crippen LogP contribution >= 0.6 is 11.6 Å². The molecule has 80 valence electrons. The number of hydrogen-bond donors (Lipinski definition) is 1. The topological polar surface area (TPSA) is 52.3 Å². The largest absolute Gasteiger partial charge is 0.462 e. The summed E-state index contributed by atoms with van der Waals surface area (Å²) in [6, 6.07) is 4.79. The molecule has 2 rings (SSSR count). The lowest BCUT2D eigenvalue weighted by molar-refractivity contribution is 0.0487. The summed E-state index contributed by atoms with van der Waals surface area (Å²) in [6.45, 7) is 0.491. The van der Waals surface area contributed by atoms with Crippen LogP contribution in [-0.4, -0.2) is 12.6 Å². The van der Waals surface area contributed by atoms with Crippen LogP contribution in [0.5, 0.6) is 0 Å². The summed E-state index contributed by atoms with van der Waals surface area (Å²) in [7, 11) is 0. The predicted octanol–water partition coefficient (Wildman–Crippen LogP) is 2.49. The highest BCUT2D eigenvalue weighted by Gasteiger charge is 2.23. The molecule has 0 amide bonds. The number of nitrogens with two attached hydrogens (primary N) is 1. The molecule has 1 aromatic carbocycles. The highest BCUT2D eigenvalue weighted by Crippen LogP contribution is 2.29. The molecule has 0 aliphatic heterocycles. The number of hydrogen-bond acceptors (Lipinski definition) is 3. The molecule has 1 fully saturated rings. The van der Waals surface area contributed by atoms with E-state index < -0.39 is 0 Å². The van der Waals surface area contributed by atoms with Gasteiger partial charge in [0.2, 0.25) is 0 Å². The van der Waals surface area contributed by atoms with E-state index in [2.05, 4.69) is 0 Å². The lowest BCUT2D eigenvalue weighted by Crippen LogP contribution is -2.10. The Kier molecular flexibility index (Phi) is 2.82. The van der Waals surface area contributed by atoms with E-state index in [1.807, 2.05) is 0 Å². The monoisotopic (exact) mass is 225 g/mol. The molecular weight excluding hydrogens is 214 g/mol. The first-order valence-electron chi connectivity index (χ1n) is 4.89. The summed E-state index contributed by atoms with van der Waals surface area (Å²) in [6.07, 6.45) is 2.30. The van der Waals surface area contributed by atoms with Crippen molar-refractivity contribution in [3.05, 3.63) is 28.8 Å². The maximum Gasteiger partial charge on any atom is 0.340 e. The molecule has 0 unspecified atom stereocenters. The molecule has 0 heterocycles. The van der Waals surface area contributed by atoms with E-state index in [1.54, 1.807) is 12.1 Å². The molecule has 1 aliphatic rings. The van der Waals surface area contributed by atoms with E-state index in [4.69, 9.17) is 22.1 Å². The Bertz CT molecular complexity index is 388. The van der Waals surface area contributed by atoms with Crippen LogP contribution < -0.4 is 5.73 Å². The fourth-order valence-corrected chi connectivity index (χ4v) is 1.43. The molecule has 1 saturated carbocycles. The minimum atomic E-state index is -0.387. The van der Waals surface area contributed by atoms with Crippen LogP contribution in [-0.2, 0) is 4.74 Å². The molecule has 0 bridgehead atoms. The molecule has 2 N–H and O–H groups in total. The second-order valence-corrected chi connectivity index (χ2v) is 4.21. The van der Waals surface area contributed by atoms with Crippen LogP contribution in [0.25, 0.3) is 0 Å². The Morgan fingerprint density at radius 2 is 2.27 bits per heavy atom. The van der Waals surface area contributed by atoms with Crippen molar-refractivity contribution < 1.29 is 9.53 Å². The van der Waals surface area contributed by atoms with E-state index in [-0.39, 0.29) is 5.97 Å². The summed E-state index contributed by atoms with van der Waals surface area (Å²) < 4.78 is 5.11. The summed E-state index contributed by atoms with van der Waals surface area (Å²) in [5, 5.41) is 0.488. The van der Waals surface area contributed by atoms with Gasteiger partial charge in [-0.15, -0.1) is 0 Å². The average molecular weight is 226 g/mol. The van der Waals surface area contributed by atoms with Crippen LogP contribution in [0.2, 0.25) is 5.02 Å². The zero-order chi connectivity index (χ0) is 10.8. The van der Waals surface area contributed by atoms with Gasteiger partial charge in [-0.05, 0) is 37.0 Å². The number of carbonyl (C=O) groups excluding carboxylic acids is 1. The van der Waals surface area contributed by atoms with Gasteiger partial charge in [0, 0.05) is 10.7 Å². The van der Waals surface area contributed by atoms with Crippen LogP contribution in [0, 0.1) is 5.92 Å². The van der Waals surface area contributed by atoms with Crippen LogP contribution in [0.3, 0.4) is 0 Å². The van der Waals surface area contributed by atoms with Crippen LogP contribution in [0.4, 0.5) is 5.69 Å². The zero-order valence-corrected chi connectivity index (χ0v) is 8.96. The van der Waals surface area contributed by atoms with E-state index in [0.717, 1.165) is 12.8 Å². The minimum absolute atomic E-state index is 0.350. The third-order valence-corrected chi connectivity index (χ3v) is 2.62. The first-order valence-corrected chi connectivity index (χ1v) is 5.27. The van der Waals surface area contributed by atoms with Gasteiger partial charge in [-0.25, -0.2) is 4.79 Å². The first-order chi connectivity index (χ1) is 7.16. The van der Waals surface area contributed by atoms with Gasteiger partial charge in [-0.3, -0.25) is 0 Å².